The fraction of sp³-hybridized carbons (Fsp3) is 0.333. The number of methoxy groups -OCH3 is 1. The molecule has 2 N–H and O–H groups in total. The SMILES string of the molecule is COc1ccc(OCCCCCCc2nc(N)nc3ccccc23)cc1. The largest absolute Gasteiger partial charge is 0.497 e. The number of ether oxygens (including phenoxy) is 2. The van der Waals surface area contributed by atoms with Gasteiger partial charge in [0.05, 0.1) is 24.9 Å². The number of rotatable bonds is 9. The summed E-state index contributed by atoms with van der Waals surface area (Å²) in [6, 6.07) is 15.7. The molecule has 0 saturated heterocycles. The molecule has 0 aliphatic heterocycles. The minimum Gasteiger partial charge on any atom is -0.497 e. The van der Waals surface area contributed by atoms with Crippen LogP contribution in [0.3, 0.4) is 0 Å². The molecule has 2 aromatic carbocycles. The van der Waals surface area contributed by atoms with Crippen LogP contribution in [-0.2, 0) is 6.42 Å². The van der Waals surface area contributed by atoms with E-state index in [1.54, 1.807) is 7.11 Å². The van der Waals surface area contributed by atoms with Gasteiger partial charge in [-0.05, 0) is 49.6 Å². The Bertz CT molecular complexity index is 834. The molecule has 0 unspecified atom stereocenters. The summed E-state index contributed by atoms with van der Waals surface area (Å²) in [5.74, 6) is 2.08. The predicted molar refractivity (Wildman–Crippen MR) is 105 cm³/mol. The first-order chi connectivity index (χ1) is 12.8. The molecule has 5 heteroatoms. The van der Waals surface area contributed by atoms with Crippen molar-refractivity contribution in [2.75, 3.05) is 19.5 Å². The standard InChI is InChI=1S/C21H25N3O2/c1-25-16-11-13-17(14-12-16)26-15-7-3-2-4-9-19-18-8-5-6-10-20(18)24-21(22)23-19/h5-6,8,10-14H,2-4,7,9,15H2,1H3,(H2,22,23,24). The minimum absolute atomic E-state index is 0.353. The lowest BCUT2D eigenvalue weighted by atomic mass is 10.1. The Morgan fingerprint density at radius 2 is 1.58 bits per heavy atom. The highest BCUT2D eigenvalue weighted by atomic mass is 16.5. The van der Waals surface area contributed by atoms with Crippen molar-refractivity contribution in [1.82, 2.24) is 9.97 Å². The molecule has 136 valence electrons. The van der Waals surface area contributed by atoms with E-state index in [1.807, 2.05) is 42.5 Å². The van der Waals surface area contributed by atoms with Crippen LogP contribution in [0.25, 0.3) is 10.9 Å². The van der Waals surface area contributed by atoms with Crippen LogP contribution in [0.15, 0.2) is 48.5 Å². The highest BCUT2D eigenvalue weighted by Gasteiger charge is 2.05. The number of aryl methyl sites for hydroxylation is 1. The molecule has 0 amide bonds. The van der Waals surface area contributed by atoms with Gasteiger partial charge in [0.15, 0.2) is 0 Å². The Hall–Kier alpha value is -2.82. The van der Waals surface area contributed by atoms with Gasteiger partial charge < -0.3 is 15.2 Å². The average Bonchev–Trinajstić information content (AvgIpc) is 2.67. The lowest BCUT2D eigenvalue weighted by Crippen LogP contribution is -2.01. The molecule has 0 fully saturated rings. The maximum absolute atomic E-state index is 5.82. The number of anilines is 1. The van der Waals surface area contributed by atoms with Gasteiger partial charge in [0.1, 0.15) is 11.5 Å². The number of hydrogen-bond donors (Lipinski definition) is 1. The van der Waals surface area contributed by atoms with Crippen molar-refractivity contribution in [3.05, 3.63) is 54.2 Å². The van der Waals surface area contributed by atoms with Crippen molar-refractivity contribution in [3.63, 3.8) is 0 Å². The van der Waals surface area contributed by atoms with Crippen LogP contribution >= 0.6 is 0 Å². The monoisotopic (exact) mass is 351 g/mol. The zero-order valence-electron chi connectivity index (χ0n) is 15.1. The van der Waals surface area contributed by atoms with Crippen LogP contribution in [0.1, 0.15) is 31.4 Å². The van der Waals surface area contributed by atoms with Crippen LogP contribution in [0.4, 0.5) is 5.95 Å². The van der Waals surface area contributed by atoms with E-state index in [0.717, 1.165) is 66.8 Å². The quantitative estimate of drug-likeness (QED) is 0.579. The summed E-state index contributed by atoms with van der Waals surface area (Å²) in [6.07, 6.45) is 5.33. The van der Waals surface area contributed by atoms with Gasteiger partial charge >= 0.3 is 0 Å². The summed E-state index contributed by atoms with van der Waals surface area (Å²) in [5.41, 5.74) is 7.78. The number of nitrogen functional groups attached to an aromatic ring is 1. The van der Waals surface area contributed by atoms with E-state index in [9.17, 15) is 0 Å². The third kappa shape index (κ3) is 4.85. The van der Waals surface area contributed by atoms with Crippen molar-refractivity contribution >= 4 is 16.9 Å². The molecular weight excluding hydrogens is 326 g/mol. The van der Waals surface area contributed by atoms with Gasteiger partial charge in [0.2, 0.25) is 5.95 Å². The second kappa shape index (κ2) is 9.04. The average molecular weight is 351 g/mol. The third-order valence-electron chi connectivity index (χ3n) is 4.34. The van der Waals surface area contributed by atoms with Crippen molar-refractivity contribution in [2.24, 2.45) is 0 Å². The molecule has 26 heavy (non-hydrogen) atoms. The summed E-state index contributed by atoms with van der Waals surface area (Å²) in [6.45, 7) is 0.732. The fourth-order valence-electron chi connectivity index (χ4n) is 2.96. The molecule has 5 nitrogen and oxygen atoms in total. The van der Waals surface area contributed by atoms with Crippen molar-refractivity contribution < 1.29 is 9.47 Å². The normalized spacial score (nSPS) is 10.8. The first-order valence-electron chi connectivity index (χ1n) is 9.04. The van der Waals surface area contributed by atoms with Crippen LogP contribution < -0.4 is 15.2 Å². The van der Waals surface area contributed by atoms with Crippen molar-refractivity contribution in [3.8, 4) is 11.5 Å². The first-order valence-corrected chi connectivity index (χ1v) is 9.04. The second-order valence-corrected chi connectivity index (χ2v) is 6.23. The Kier molecular flexibility index (Phi) is 6.25. The molecule has 3 aromatic rings. The first kappa shape index (κ1) is 18.0. The number of fused-ring (bicyclic) bond motifs is 1. The molecule has 1 aromatic heterocycles. The third-order valence-corrected chi connectivity index (χ3v) is 4.34. The molecule has 0 aliphatic carbocycles. The number of aromatic nitrogens is 2. The van der Waals surface area contributed by atoms with Gasteiger partial charge in [0, 0.05) is 5.39 Å². The predicted octanol–water partition coefficient (Wildman–Crippen LogP) is 4.40. The van der Waals surface area contributed by atoms with Gasteiger partial charge in [0.25, 0.3) is 0 Å². The molecule has 0 bridgehead atoms. The number of hydrogen-bond acceptors (Lipinski definition) is 5. The fourth-order valence-corrected chi connectivity index (χ4v) is 2.96. The Morgan fingerprint density at radius 3 is 2.38 bits per heavy atom. The van der Waals surface area contributed by atoms with E-state index in [-0.39, 0.29) is 0 Å². The van der Waals surface area contributed by atoms with E-state index in [1.165, 1.54) is 0 Å². The second-order valence-electron chi connectivity index (χ2n) is 6.23. The summed E-state index contributed by atoms with van der Waals surface area (Å²) in [5, 5.41) is 1.10. The van der Waals surface area contributed by atoms with Crippen LogP contribution in [-0.4, -0.2) is 23.7 Å². The zero-order chi connectivity index (χ0) is 18.2. The molecule has 0 saturated carbocycles. The lowest BCUT2D eigenvalue weighted by molar-refractivity contribution is 0.304. The van der Waals surface area contributed by atoms with Gasteiger partial charge in [-0.1, -0.05) is 31.0 Å². The van der Waals surface area contributed by atoms with Crippen LogP contribution in [0.5, 0.6) is 11.5 Å². The van der Waals surface area contributed by atoms with Crippen molar-refractivity contribution in [1.29, 1.82) is 0 Å². The minimum atomic E-state index is 0.353. The highest BCUT2D eigenvalue weighted by molar-refractivity contribution is 5.81. The number of unbranched alkanes of at least 4 members (excludes halogenated alkanes) is 3. The summed E-state index contributed by atoms with van der Waals surface area (Å²) in [4.78, 5) is 8.71. The van der Waals surface area contributed by atoms with Crippen molar-refractivity contribution in [2.45, 2.75) is 32.1 Å². The number of para-hydroxylation sites is 1. The Balaban J connectivity index is 1.38. The number of benzene rings is 2. The lowest BCUT2D eigenvalue weighted by Gasteiger charge is -2.08. The Labute approximate surface area is 154 Å². The molecule has 0 aliphatic rings. The molecule has 0 radical (unpaired) electrons. The zero-order valence-corrected chi connectivity index (χ0v) is 15.1. The van der Waals surface area contributed by atoms with E-state index >= 15 is 0 Å². The van der Waals surface area contributed by atoms with E-state index in [0.29, 0.717) is 5.95 Å². The van der Waals surface area contributed by atoms with Crippen LogP contribution in [0, 0.1) is 0 Å². The van der Waals surface area contributed by atoms with E-state index < -0.39 is 0 Å². The van der Waals surface area contributed by atoms with E-state index in [4.69, 9.17) is 15.2 Å². The molecule has 3 rings (SSSR count). The maximum Gasteiger partial charge on any atom is 0.220 e. The van der Waals surface area contributed by atoms with E-state index in [2.05, 4.69) is 16.0 Å². The molecule has 1 heterocycles. The topological polar surface area (TPSA) is 70.3 Å². The van der Waals surface area contributed by atoms with Gasteiger partial charge in [-0.15, -0.1) is 0 Å². The summed E-state index contributed by atoms with van der Waals surface area (Å²) in [7, 11) is 1.66. The molecule has 0 spiro atoms. The Morgan fingerprint density at radius 1 is 0.846 bits per heavy atom. The van der Waals surface area contributed by atoms with Gasteiger partial charge in [-0.3, -0.25) is 0 Å². The van der Waals surface area contributed by atoms with Crippen LogP contribution in [0.2, 0.25) is 0 Å². The number of nitrogens with two attached hydrogens (primary N) is 1. The molecule has 0 atom stereocenters. The summed E-state index contributed by atoms with van der Waals surface area (Å²) >= 11 is 0. The highest BCUT2D eigenvalue weighted by Crippen LogP contribution is 2.19. The summed E-state index contributed by atoms with van der Waals surface area (Å²) < 4.78 is 10.9. The van der Waals surface area contributed by atoms with Gasteiger partial charge in [-0.2, -0.15) is 0 Å². The van der Waals surface area contributed by atoms with Gasteiger partial charge in [-0.25, -0.2) is 9.97 Å². The number of nitrogens with zero attached hydrogens (tertiary/aromatic N) is 2. The smallest absolute Gasteiger partial charge is 0.220 e. The molecular formula is C21H25N3O2. The maximum atomic E-state index is 5.82.